The van der Waals surface area contributed by atoms with Crippen molar-refractivity contribution in [1.29, 1.82) is 0 Å². The molecule has 0 N–H and O–H groups in total. The number of carbonyl (C=O) groups is 1. The Morgan fingerprint density at radius 2 is 1.58 bits per heavy atom. The fourth-order valence-electron chi connectivity index (χ4n) is 4.41. The van der Waals surface area contributed by atoms with Crippen LogP contribution in [-0.2, 0) is 22.6 Å². The summed E-state index contributed by atoms with van der Waals surface area (Å²) in [5, 5.41) is 4.81. The number of rotatable bonds is 6. The number of morpholine rings is 1. The van der Waals surface area contributed by atoms with Crippen molar-refractivity contribution in [1.82, 2.24) is 24.5 Å². The van der Waals surface area contributed by atoms with E-state index in [0.717, 1.165) is 71.3 Å². The Morgan fingerprint density at radius 3 is 2.26 bits per heavy atom. The molecule has 2 aliphatic rings. The highest BCUT2D eigenvalue weighted by Crippen LogP contribution is 2.18. The lowest BCUT2D eigenvalue weighted by Gasteiger charge is -2.36. The molecule has 2 aromatic rings. The highest BCUT2D eigenvalue weighted by Gasteiger charge is 2.24. The number of ether oxygens (including phenoxy) is 1. The van der Waals surface area contributed by atoms with E-state index in [-0.39, 0.29) is 5.91 Å². The van der Waals surface area contributed by atoms with Gasteiger partial charge in [-0.15, -0.1) is 0 Å². The largest absolute Gasteiger partial charge is 0.379 e. The summed E-state index contributed by atoms with van der Waals surface area (Å²) in [6, 6.07) is 8.67. The highest BCUT2D eigenvalue weighted by molar-refractivity contribution is 5.78. The van der Waals surface area contributed by atoms with Crippen molar-refractivity contribution in [3.63, 3.8) is 0 Å². The Bertz CT molecular complexity index is 878. The molecule has 0 spiro atoms. The molecule has 0 unspecified atom stereocenters. The molecule has 0 bridgehead atoms. The van der Waals surface area contributed by atoms with Crippen LogP contribution in [0.5, 0.6) is 0 Å². The molecule has 7 heteroatoms. The molecule has 1 aromatic carbocycles. The number of hydrogen-bond acceptors (Lipinski definition) is 5. The Hall–Kier alpha value is -2.22. The van der Waals surface area contributed by atoms with Gasteiger partial charge in [-0.25, -0.2) is 0 Å². The molecule has 1 aromatic heterocycles. The van der Waals surface area contributed by atoms with Gasteiger partial charge in [-0.2, -0.15) is 5.10 Å². The third-order valence-corrected chi connectivity index (χ3v) is 6.55. The average Bonchev–Trinajstić information content (AvgIpc) is 3.04. The average molecular weight is 426 g/mol. The van der Waals surface area contributed by atoms with Crippen molar-refractivity contribution < 1.29 is 9.53 Å². The maximum atomic E-state index is 12.6. The van der Waals surface area contributed by atoms with Crippen LogP contribution in [0.4, 0.5) is 0 Å². The number of amides is 1. The van der Waals surface area contributed by atoms with Crippen LogP contribution in [-0.4, -0.2) is 89.4 Å². The second-order valence-electron chi connectivity index (χ2n) is 8.84. The van der Waals surface area contributed by atoms with Crippen molar-refractivity contribution in [3.8, 4) is 0 Å². The summed E-state index contributed by atoms with van der Waals surface area (Å²) in [5.74, 6) is 0.250. The van der Waals surface area contributed by atoms with Gasteiger partial charge in [-0.1, -0.05) is 29.8 Å². The van der Waals surface area contributed by atoms with Gasteiger partial charge >= 0.3 is 0 Å². The molecule has 1 amide bonds. The van der Waals surface area contributed by atoms with Crippen molar-refractivity contribution in [2.24, 2.45) is 0 Å². The number of nitrogens with zero attached hydrogens (tertiary/aromatic N) is 5. The van der Waals surface area contributed by atoms with E-state index in [1.807, 2.05) is 4.90 Å². The third-order valence-electron chi connectivity index (χ3n) is 6.55. The van der Waals surface area contributed by atoms with E-state index in [1.54, 1.807) is 0 Å². The fraction of sp³-hybridized carbons (Fsp3) is 0.583. The van der Waals surface area contributed by atoms with Crippen LogP contribution in [0.1, 0.15) is 28.1 Å². The van der Waals surface area contributed by atoms with Gasteiger partial charge in [0.25, 0.3) is 0 Å². The van der Waals surface area contributed by atoms with Crippen LogP contribution in [0.2, 0.25) is 0 Å². The van der Waals surface area contributed by atoms with Gasteiger partial charge in [0.05, 0.1) is 32.0 Å². The minimum atomic E-state index is 0.250. The number of piperazine rings is 1. The predicted octanol–water partition coefficient (Wildman–Crippen LogP) is 1.83. The maximum absolute atomic E-state index is 12.6. The monoisotopic (exact) mass is 425 g/mol. The molecular weight excluding hydrogens is 390 g/mol. The molecule has 2 aliphatic heterocycles. The minimum Gasteiger partial charge on any atom is -0.379 e. The maximum Gasteiger partial charge on any atom is 0.236 e. The second kappa shape index (κ2) is 9.94. The van der Waals surface area contributed by atoms with Gasteiger partial charge in [0, 0.05) is 57.1 Å². The first-order chi connectivity index (χ1) is 15.0. The first kappa shape index (κ1) is 22.0. The number of hydrogen-bond donors (Lipinski definition) is 0. The van der Waals surface area contributed by atoms with E-state index in [0.29, 0.717) is 6.54 Å². The number of benzene rings is 1. The van der Waals surface area contributed by atoms with Gasteiger partial charge < -0.3 is 9.64 Å². The highest BCUT2D eigenvalue weighted by atomic mass is 16.5. The first-order valence-corrected chi connectivity index (χ1v) is 11.4. The van der Waals surface area contributed by atoms with Crippen LogP contribution in [0.3, 0.4) is 0 Å². The molecule has 2 saturated heterocycles. The summed E-state index contributed by atoms with van der Waals surface area (Å²) in [6.45, 7) is 15.2. The Kier molecular flexibility index (Phi) is 7.05. The van der Waals surface area contributed by atoms with Crippen molar-refractivity contribution in [2.75, 3.05) is 59.0 Å². The van der Waals surface area contributed by atoms with E-state index in [9.17, 15) is 4.79 Å². The van der Waals surface area contributed by atoms with Crippen LogP contribution in [0.25, 0.3) is 0 Å². The van der Waals surface area contributed by atoms with Crippen LogP contribution in [0, 0.1) is 20.8 Å². The molecule has 0 radical (unpaired) electrons. The van der Waals surface area contributed by atoms with E-state index in [4.69, 9.17) is 9.84 Å². The van der Waals surface area contributed by atoms with Crippen LogP contribution in [0.15, 0.2) is 24.3 Å². The molecule has 3 heterocycles. The Labute approximate surface area is 185 Å². The minimum absolute atomic E-state index is 0.250. The standard InChI is InChI=1S/C24H35N5O2/c1-19-4-6-22(7-5-19)16-29-21(3)23(20(2)25-29)17-26-8-10-28(11-9-26)24(30)18-27-12-14-31-15-13-27/h4-7H,8-18H2,1-3H3. The molecular formula is C24H35N5O2. The zero-order valence-corrected chi connectivity index (χ0v) is 19.1. The zero-order chi connectivity index (χ0) is 21.8. The smallest absolute Gasteiger partial charge is 0.236 e. The molecule has 168 valence electrons. The lowest BCUT2D eigenvalue weighted by molar-refractivity contribution is -0.135. The van der Waals surface area contributed by atoms with E-state index in [1.165, 1.54) is 22.4 Å². The van der Waals surface area contributed by atoms with Gasteiger partial charge in [-0.05, 0) is 26.3 Å². The van der Waals surface area contributed by atoms with Gasteiger partial charge in [-0.3, -0.25) is 19.3 Å². The van der Waals surface area contributed by atoms with Crippen molar-refractivity contribution >= 4 is 5.91 Å². The second-order valence-corrected chi connectivity index (χ2v) is 8.84. The SMILES string of the molecule is Cc1ccc(Cn2nc(C)c(CN3CCN(C(=O)CN4CCOCC4)CC3)c2C)cc1. The van der Waals surface area contributed by atoms with Gasteiger partial charge in [0.1, 0.15) is 0 Å². The predicted molar refractivity (Wildman–Crippen MR) is 121 cm³/mol. The lowest BCUT2D eigenvalue weighted by Crippen LogP contribution is -2.52. The Balaban J connectivity index is 1.30. The van der Waals surface area contributed by atoms with Gasteiger partial charge in [0.2, 0.25) is 5.91 Å². The topological polar surface area (TPSA) is 53.8 Å². The number of aromatic nitrogens is 2. The molecule has 0 saturated carbocycles. The summed E-state index contributed by atoms with van der Waals surface area (Å²) in [5.41, 5.74) is 6.22. The molecule has 4 rings (SSSR count). The van der Waals surface area contributed by atoms with Gasteiger partial charge in [0.15, 0.2) is 0 Å². The summed E-state index contributed by atoms with van der Waals surface area (Å²) >= 11 is 0. The van der Waals surface area contributed by atoms with Crippen molar-refractivity contribution in [2.45, 2.75) is 33.9 Å². The third kappa shape index (κ3) is 5.53. The molecule has 0 atom stereocenters. The first-order valence-electron chi connectivity index (χ1n) is 11.4. The van der Waals surface area contributed by atoms with E-state index in [2.05, 4.69) is 59.5 Å². The Morgan fingerprint density at radius 1 is 0.903 bits per heavy atom. The van der Waals surface area contributed by atoms with E-state index < -0.39 is 0 Å². The van der Waals surface area contributed by atoms with Crippen LogP contribution >= 0.6 is 0 Å². The zero-order valence-electron chi connectivity index (χ0n) is 19.1. The molecule has 7 nitrogen and oxygen atoms in total. The fourth-order valence-corrected chi connectivity index (χ4v) is 4.41. The summed E-state index contributed by atoms with van der Waals surface area (Å²) < 4.78 is 7.50. The quantitative estimate of drug-likeness (QED) is 0.707. The number of carbonyl (C=O) groups excluding carboxylic acids is 1. The number of aryl methyl sites for hydroxylation is 2. The lowest BCUT2D eigenvalue weighted by atomic mass is 10.1. The van der Waals surface area contributed by atoms with Crippen molar-refractivity contribution in [3.05, 3.63) is 52.3 Å². The summed E-state index contributed by atoms with van der Waals surface area (Å²) in [7, 11) is 0. The van der Waals surface area contributed by atoms with Crippen LogP contribution < -0.4 is 0 Å². The molecule has 0 aliphatic carbocycles. The molecule has 31 heavy (non-hydrogen) atoms. The van der Waals surface area contributed by atoms with E-state index >= 15 is 0 Å². The normalized spacial score (nSPS) is 18.5. The molecule has 2 fully saturated rings. The summed E-state index contributed by atoms with van der Waals surface area (Å²) in [4.78, 5) is 19.3. The summed E-state index contributed by atoms with van der Waals surface area (Å²) in [6.07, 6.45) is 0.